The normalized spacial score (nSPS) is 25.8. The van der Waals surface area contributed by atoms with Crippen molar-refractivity contribution in [2.24, 2.45) is 5.92 Å². The molecule has 6 heteroatoms. The van der Waals surface area contributed by atoms with Gasteiger partial charge in [-0.1, -0.05) is 0 Å². The molecule has 0 bridgehead atoms. The van der Waals surface area contributed by atoms with Gasteiger partial charge in [0.2, 0.25) is 5.91 Å². The molecule has 6 nitrogen and oxygen atoms in total. The smallest absolute Gasteiger partial charge is 0.228 e. The summed E-state index contributed by atoms with van der Waals surface area (Å²) in [5.74, 6) is 1.19. The van der Waals surface area contributed by atoms with Crippen molar-refractivity contribution in [3.05, 3.63) is 17.7 Å². The molecule has 2 unspecified atom stereocenters. The molecule has 0 spiro atoms. The van der Waals surface area contributed by atoms with Gasteiger partial charge in [0, 0.05) is 26.8 Å². The predicted molar refractivity (Wildman–Crippen MR) is 72.0 cm³/mol. The molecule has 1 saturated heterocycles. The lowest BCUT2D eigenvalue weighted by atomic mass is 10.1. The number of carbonyl (C=O) groups excluding carboxylic acids is 1. The van der Waals surface area contributed by atoms with E-state index >= 15 is 0 Å². The van der Waals surface area contributed by atoms with E-state index in [4.69, 9.17) is 9.47 Å². The first-order valence-corrected chi connectivity index (χ1v) is 7.14. The third-order valence-electron chi connectivity index (χ3n) is 4.23. The van der Waals surface area contributed by atoms with Crippen LogP contribution in [0.3, 0.4) is 0 Å². The third-order valence-corrected chi connectivity index (χ3v) is 4.23. The van der Waals surface area contributed by atoms with Gasteiger partial charge in [-0.2, -0.15) is 0 Å². The standard InChI is InChI=1S/C14H21N3O3/c1-10-13-15-7-12(9-19-2)17(13)5-4-16(10)14(18)11-3-6-20-8-11/h7,10-11H,3-6,8-9H2,1-2H3. The number of ether oxygens (including phenoxy) is 2. The van der Waals surface area contributed by atoms with E-state index in [1.807, 2.05) is 18.0 Å². The van der Waals surface area contributed by atoms with Crippen LogP contribution in [0.15, 0.2) is 6.20 Å². The molecule has 20 heavy (non-hydrogen) atoms. The maximum atomic E-state index is 12.5. The number of imidazole rings is 1. The molecule has 3 rings (SSSR count). The second kappa shape index (κ2) is 5.54. The number of hydrogen-bond acceptors (Lipinski definition) is 4. The van der Waals surface area contributed by atoms with Crippen molar-refractivity contribution in [2.45, 2.75) is 32.5 Å². The molecule has 2 aliphatic rings. The van der Waals surface area contributed by atoms with Crippen molar-refractivity contribution < 1.29 is 14.3 Å². The van der Waals surface area contributed by atoms with E-state index in [0.717, 1.165) is 31.0 Å². The van der Waals surface area contributed by atoms with Crippen LogP contribution in [0.1, 0.15) is 30.9 Å². The van der Waals surface area contributed by atoms with Crippen molar-refractivity contribution in [3.8, 4) is 0 Å². The van der Waals surface area contributed by atoms with Crippen LogP contribution in [-0.2, 0) is 27.4 Å². The molecule has 1 amide bonds. The highest BCUT2D eigenvalue weighted by atomic mass is 16.5. The summed E-state index contributed by atoms with van der Waals surface area (Å²) in [6.45, 7) is 5.39. The Hall–Kier alpha value is -1.40. The Morgan fingerprint density at radius 3 is 3.10 bits per heavy atom. The van der Waals surface area contributed by atoms with E-state index in [9.17, 15) is 4.79 Å². The fraction of sp³-hybridized carbons (Fsp3) is 0.714. The van der Waals surface area contributed by atoms with Crippen LogP contribution in [0, 0.1) is 5.92 Å². The summed E-state index contributed by atoms with van der Waals surface area (Å²) in [4.78, 5) is 19.0. The minimum absolute atomic E-state index is 0.0162. The second-order valence-corrected chi connectivity index (χ2v) is 5.46. The number of rotatable bonds is 3. The second-order valence-electron chi connectivity index (χ2n) is 5.46. The molecule has 0 saturated carbocycles. The zero-order valence-corrected chi connectivity index (χ0v) is 12.0. The predicted octanol–water partition coefficient (Wildman–Crippen LogP) is 0.969. The Morgan fingerprint density at radius 1 is 1.55 bits per heavy atom. The minimum Gasteiger partial charge on any atom is -0.381 e. The Labute approximate surface area is 118 Å². The van der Waals surface area contributed by atoms with Crippen LogP contribution in [-0.4, -0.2) is 47.2 Å². The van der Waals surface area contributed by atoms with Crippen LogP contribution in [0.2, 0.25) is 0 Å². The molecule has 110 valence electrons. The van der Waals surface area contributed by atoms with E-state index < -0.39 is 0 Å². The Morgan fingerprint density at radius 2 is 2.40 bits per heavy atom. The summed E-state index contributed by atoms with van der Waals surface area (Å²) in [6.07, 6.45) is 2.69. The van der Waals surface area contributed by atoms with Gasteiger partial charge in [0.05, 0.1) is 37.1 Å². The Kier molecular flexibility index (Phi) is 3.76. The van der Waals surface area contributed by atoms with Gasteiger partial charge in [0.25, 0.3) is 0 Å². The maximum Gasteiger partial charge on any atom is 0.228 e. The fourth-order valence-electron chi connectivity index (χ4n) is 3.09. The van der Waals surface area contributed by atoms with Crippen molar-refractivity contribution >= 4 is 5.91 Å². The van der Waals surface area contributed by atoms with E-state index in [0.29, 0.717) is 19.8 Å². The summed E-state index contributed by atoms with van der Waals surface area (Å²) >= 11 is 0. The topological polar surface area (TPSA) is 56.6 Å². The first kappa shape index (κ1) is 13.6. The average molecular weight is 279 g/mol. The van der Waals surface area contributed by atoms with Crippen LogP contribution < -0.4 is 0 Å². The highest BCUT2D eigenvalue weighted by Gasteiger charge is 2.35. The van der Waals surface area contributed by atoms with Crippen molar-refractivity contribution in [1.82, 2.24) is 14.5 Å². The SMILES string of the molecule is COCc1cnc2n1CCN(C(=O)C1CCOC1)C2C. The maximum absolute atomic E-state index is 12.5. The first-order valence-electron chi connectivity index (χ1n) is 7.14. The lowest BCUT2D eigenvalue weighted by Gasteiger charge is -2.35. The van der Waals surface area contributed by atoms with Crippen LogP contribution in [0.25, 0.3) is 0 Å². The molecule has 3 heterocycles. The summed E-state index contributed by atoms with van der Waals surface area (Å²) in [6, 6.07) is 0.0162. The molecule has 0 N–H and O–H groups in total. The molecule has 1 aromatic rings. The summed E-state index contributed by atoms with van der Waals surface area (Å²) in [7, 11) is 1.68. The van der Waals surface area contributed by atoms with Crippen molar-refractivity contribution in [1.29, 1.82) is 0 Å². The number of hydrogen-bond donors (Lipinski definition) is 0. The molecule has 0 radical (unpaired) electrons. The van der Waals surface area contributed by atoms with Crippen molar-refractivity contribution in [3.63, 3.8) is 0 Å². The minimum atomic E-state index is 0.0162. The van der Waals surface area contributed by atoms with E-state index in [1.165, 1.54) is 0 Å². The van der Waals surface area contributed by atoms with Crippen LogP contribution in [0.5, 0.6) is 0 Å². The summed E-state index contributed by atoms with van der Waals surface area (Å²) in [5.41, 5.74) is 1.07. The third kappa shape index (κ3) is 2.23. The van der Waals surface area contributed by atoms with Crippen LogP contribution >= 0.6 is 0 Å². The van der Waals surface area contributed by atoms with Crippen molar-refractivity contribution in [2.75, 3.05) is 26.9 Å². The highest BCUT2D eigenvalue weighted by Crippen LogP contribution is 2.28. The monoisotopic (exact) mass is 279 g/mol. The van der Waals surface area contributed by atoms with Gasteiger partial charge >= 0.3 is 0 Å². The van der Waals surface area contributed by atoms with E-state index in [-0.39, 0.29) is 17.9 Å². The van der Waals surface area contributed by atoms with Gasteiger partial charge in [-0.15, -0.1) is 0 Å². The molecular formula is C14H21N3O3. The zero-order chi connectivity index (χ0) is 14.1. The largest absolute Gasteiger partial charge is 0.381 e. The highest BCUT2D eigenvalue weighted by molar-refractivity contribution is 5.79. The number of methoxy groups -OCH3 is 1. The van der Waals surface area contributed by atoms with Gasteiger partial charge in [-0.05, 0) is 13.3 Å². The van der Waals surface area contributed by atoms with Gasteiger partial charge in [-0.25, -0.2) is 4.98 Å². The van der Waals surface area contributed by atoms with E-state index in [2.05, 4.69) is 9.55 Å². The first-order chi connectivity index (χ1) is 9.72. The Bertz CT molecular complexity index is 494. The zero-order valence-electron chi connectivity index (χ0n) is 12.0. The van der Waals surface area contributed by atoms with Gasteiger partial charge in [0.1, 0.15) is 5.82 Å². The lowest BCUT2D eigenvalue weighted by molar-refractivity contribution is -0.138. The molecule has 2 atom stereocenters. The van der Waals surface area contributed by atoms with Gasteiger partial charge < -0.3 is 18.9 Å². The number of nitrogens with zero attached hydrogens (tertiary/aromatic N) is 3. The average Bonchev–Trinajstić information content (AvgIpc) is 3.09. The number of amides is 1. The van der Waals surface area contributed by atoms with Gasteiger partial charge in [-0.3, -0.25) is 4.79 Å². The summed E-state index contributed by atoms with van der Waals surface area (Å²) < 4.78 is 12.7. The van der Waals surface area contributed by atoms with Gasteiger partial charge in [0.15, 0.2) is 0 Å². The quantitative estimate of drug-likeness (QED) is 0.827. The number of fused-ring (bicyclic) bond motifs is 1. The fourth-order valence-corrected chi connectivity index (χ4v) is 3.09. The Balaban J connectivity index is 1.78. The lowest BCUT2D eigenvalue weighted by Crippen LogP contribution is -2.44. The van der Waals surface area contributed by atoms with Crippen LogP contribution in [0.4, 0.5) is 0 Å². The summed E-state index contributed by atoms with van der Waals surface area (Å²) in [5, 5.41) is 0. The molecular weight excluding hydrogens is 258 g/mol. The molecule has 0 aromatic carbocycles. The van der Waals surface area contributed by atoms with E-state index in [1.54, 1.807) is 7.11 Å². The molecule has 0 aliphatic carbocycles. The molecule has 1 fully saturated rings. The number of aromatic nitrogens is 2. The molecule has 1 aromatic heterocycles. The number of carbonyl (C=O) groups is 1. The molecule has 2 aliphatic heterocycles.